The molecule has 0 rings (SSSR count). The molecular formula is C6H3F9FeO6. The third kappa shape index (κ3) is 20.6. The molecule has 0 bridgehead atoms. The standard InChI is InChI=1S/3C2HF3O2.Fe/c3*3-2(4,5)1(6)7;/h3*(H,6,7);. The van der Waals surface area contributed by atoms with Crippen LogP contribution in [0.4, 0.5) is 39.5 Å². The minimum atomic E-state index is -5.08. The van der Waals surface area contributed by atoms with Crippen LogP contribution in [0.15, 0.2) is 0 Å². The molecule has 6 nitrogen and oxygen atoms in total. The first-order valence-corrected chi connectivity index (χ1v) is 3.73. The van der Waals surface area contributed by atoms with Gasteiger partial charge in [-0.3, -0.25) is 0 Å². The van der Waals surface area contributed by atoms with Gasteiger partial charge in [-0.2, -0.15) is 39.5 Å². The summed E-state index contributed by atoms with van der Waals surface area (Å²) in [5, 5.41) is 21.4. The van der Waals surface area contributed by atoms with E-state index in [1.54, 1.807) is 0 Å². The molecule has 0 fully saturated rings. The van der Waals surface area contributed by atoms with Crippen molar-refractivity contribution in [1.29, 1.82) is 0 Å². The first kappa shape index (κ1) is 28.5. The van der Waals surface area contributed by atoms with Crippen LogP contribution in [-0.4, -0.2) is 51.8 Å². The van der Waals surface area contributed by atoms with Crippen LogP contribution >= 0.6 is 0 Å². The molecule has 134 valence electrons. The van der Waals surface area contributed by atoms with E-state index in [2.05, 4.69) is 0 Å². The predicted molar refractivity (Wildman–Crippen MR) is 41.1 cm³/mol. The first-order valence-electron chi connectivity index (χ1n) is 3.73. The molecular weight excluding hydrogens is 395 g/mol. The van der Waals surface area contributed by atoms with E-state index in [1.807, 2.05) is 0 Å². The molecule has 0 spiro atoms. The monoisotopic (exact) mass is 398 g/mol. The third-order valence-electron chi connectivity index (χ3n) is 0.728. The smallest absolute Gasteiger partial charge is 0.475 e. The van der Waals surface area contributed by atoms with E-state index in [0.29, 0.717) is 0 Å². The number of hydrogen-bond donors (Lipinski definition) is 3. The molecule has 0 amide bonds. The number of carboxylic acid groups (broad SMARTS) is 3. The molecule has 0 atom stereocenters. The Morgan fingerprint density at radius 3 is 0.545 bits per heavy atom. The van der Waals surface area contributed by atoms with Gasteiger partial charge in [0.1, 0.15) is 0 Å². The van der Waals surface area contributed by atoms with Crippen LogP contribution in [0.5, 0.6) is 0 Å². The molecule has 0 heterocycles. The van der Waals surface area contributed by atoms with Crippen molar-refractivity contribution in [3.63, 3.8) is 0 Å². The van der Waals surface area contributed by atoms with Crippen molar-refractivity contribution in [1.82, 2.24) is 0 Å². The van der Waals surface area contributed by atoms with E-state index < -0.39 is 36.4 Å². The summed E-state index contributed by atoms with van der Waals surface area (Å²) in [4.78, 5) is 26.7. The van der Waals surface area contributed by atoms with E-state index in [1.165, 1.54) is 0 Å². The fourth-order valence-corrected chi connectivity index (χ4v) is 0. The summed E-state index contributed by atoms with van der Waals surface area (Å²) in [5.74, 6) is -8.27. The molecule has 0 unspecified atom stereocenters. The minimum absolute atomic E-state index is 0. The zero-order valence-corrected chi connectivity index (χ0v) is 10.4. The Morgan fingerprint density at radius 1 is 0.500 bits per heavy atom. The first-order chi connectivity index (χ1) is 8.83. The number of alkyl halides is 9. The summed E-state index contributed by atoms with van der Waals surface area (Å²) in [7, 11) is 0. The maximum atomic E-state index is 10.6. The largest absolute Gasteiger partial charge is 0.490 e. The quantitative estimate of drug-likeness (QED) is 0.425. The van der Waals surface area contributed by atoms with Crippen molar-refractivity contribution < 1.29 is 86.3 Å². The van der Waals surface area contributed by atoms with Crippen molar-refractivity contribution in [2.75, 3.05) is 0 Å². The maximum absolute atomic E-state index is 10.6. The van der Waals surface area contributed by atoms with Gasteiger partial charge in [0.05, 0.1) is 0 Å². The number of halogens is 9. The molecule has 0 aromatic carbocycles. The fourth-order valence-electron chi connectivity index (χ4n) is 0. The Morgan fingerprint density at radius 2 is 0.545 bits per heavy atom. The normalized spacial score (nSPS) is 10.8. The summed E-state index contributed by atoms with van der Waals surface area (Å²) in [6.07, 6.45) is -15.3. The number of hydrogen-bond acceptors (Lipinski definition) is 3. The van der Waals surface area contributed by atoms with Gasteiger partial charge in [-0.1, -0.05) is 0 Å². The van der Waals surface area contributed by atoms with Crippen LogP contribution in [-0.2, 0) is 31.5 Å². The molecule has 0 aromatic heterocycles. The molecule has 0 aliphatic rings. The Labute approximate surface area is 124 Å². The zero-order valence-electron chi connectivity index (χ0n) is 9.32. The van der Waals surface area contributed by atoms with Gasteiger partial charge in [-0.15, -0.1) is 0 Å². The number of aliphatic carboxylic acids is 3. The van der Waals surface area contributed by atoms with Crippen molar-refractivity contribution in [2.45, 2.75) is 18.5 Å². The van der Waals surface area contributed by atoms with Crippen LogP contribution < -0.4 is 0 Å². The average molecular weight is 398 g/mol. The van der Waals surface area contributed by atoms with E-state index in [0.717, 1.165) is 0 Å². The van der Waals surface area contributed by atoms with Crippen LogP contribution in [0.3, 0.4) is 0 Å². The summed E-state index contributed by atoms with van der Waals surface area (Å²) in [5.41, 5.74) is 0. The van der Waals surface area contributed by atoms with Gasteiger partial charge in [0.2, 0.25) is 0 Å². The Bertz CT molecular complexity index is 313. The topological polar surface area (TPSA) is 112 Å². The second-order valence-corrected chi connectivity index (χ2v) is 2.41. The van der Waals surface area contributed by atoms with Crippen LogP contribution in [0.25, 0.3) is 0 Å². The summed E-state index contributed by atoms with van der Waals surface area (Å²) in [6.45, 7) is 0. The van der Waals surface area contributed by atoms with Gasteiger partial charge in [0.25, 0.3) is 0 Å². The second kappa shape index (κ2) is 10.1. The predicted octanol–water partition coefficient (Wildman–Crippen LogP) is 1.90. The minimum Gasteiger partial charge on any atom is -0.475 e. The zero-order chi connectivity index (χ0) is 18.2. The number of rotatable bonds is 0. The van der Waals surface area contributed by atoms with Gasteiger partial charge in [-0.05, 0) is 0 Å². The van der Waals surface area contributed by atoms with Gasteiger partial charge in [0.15, 0.2) is 0 Å². The SMILES string of the molecule is O=C(O)C(F)(F)F.O=C(O)C(F)(F)F.O=C(O)C(F)(F)F.[Fe]. The number of carboxylic acids is 3. The molecule has 0 aliphatic heterocycles. The summed E-state index contributed by atoms with van der Waals surface area (Å²) in [6, 6.07) is 0. The van der Waals surface area contributed by atoms with Crippen molar-refractivity contribution in [3.8, 4) is 0 Å². The Kier molecular flexibility index (Phi) is 13.1. The molecule has 22 heavy (non-hydrogen) atoms. The van der Waals surface area contributed by atoms with E-state index in [4.69, 9.17) is 29.7 Å². The number of carbonyl (C=O) groups is 3. The molecule has 0 radical (unpaired) electrons. The average Bonchev–Trinajstić information content (AvgIpc) is 2.14. The van der Waals surface area contributed by atoms with Crippen molar-refractivity contribution in [2.24, 2.45) is 0 Å². The van der Waals surface area contributed by atoms with Crippen LogP contribution in [0.1, 0.15) is 0 Å². The maximum Gasteiger partial charge on any atom is 0.490 e. The van der Waals surface area contributed by atoms with Crippen LogP contribution in [0.2, 0.25) is 0 Å². The molecule has 0 saturated heterocycles. The second-order valence-electron chi connectivity index (χ2n) is 2.41. The van der Waals surface area contributed by atoms with E-state index in [9.17, 15) is 39.5 Å². The Balaban J connectivity index is -0.000000108. The molecule has 16 heteroatoms. The molecule has 3 N–H and O–H groups in total. The Hall–Kier alpha value is -1.70. The van der Waals surface area contributed by atoms with Gasteiger partial charge < -0.3 is 15.3 Å². The van der Waals surface area contributed by atoms with E-state index in [-0.39, 0.29) is 17.1 Å². The van der Waals surface area contributed by atoms with Crippen molar-refractivity contribution in [3.05, 3.63) is 0 Å². The van der Waals surface area contributed by atoms with Gasteiger partial charge in [-0.25, -0.2) is 14.4 Å². The van der Waals surface area contributed by atoms with Crippen molar-refractivity contribution >= 4 is 17.9 Å². The third-order valence-corrected chi connectivity index (χ3v) is 0.728. The van der Waals surface area contributed by atoms with Gasteiger partial charge >= 0.3 is 36.4 Å². The van der Waals surface area contributed by atoms with Crippen LogP contribution in [0, 0.1) is 0 Å². The van der Waals surface area contributed by atoms with E-state index >= 15 is 0 Å². The summed E-state index contributed by atoms with van der Waals surface area (Å²) >= 11 is 0. The fraction of sp³-hybridized carbons (Fsp3) is 0.500. The summed E-state index contributed by atoms with van der Waals surface area (Å²) < 4.78 is 95.2. The molecule has 0 saturated carbocycles. The molecule has 0 aliphatic carbocycles. The molecule has 0 aromatic rings. The van der Waals surface area contributed by atoms with Gasteiger partial charge in [0, 0.05) is 17.1 Å².